The Morgan fingerprint density at radius 1 is 1.00 bits per heavy atom. The molecule has 1 saturated heterocycles. The Kier molecular flexibility index (Phi) is 4.64. The van der Waals surface area contributed by atoms with Gasteiger partial charge >= 0.3 is 0 Å². The topological polar surface area (TPSA) is 41.5 Å². The van der Waals surface area contributed by atoms with Gasteiger partial charge in [0.2, 0.25) is 0 Å². The van der Waals surface area contributed by atoms with Crippen LogP contribution in [0.4, 0.5) is 0 Å². The molecule has 0 aromatic heterocycles. The zero-order chi connectivity index (χ0) is 17.2. The number of halogens is 1. The molecule has 0 bridgehead atoms. The molecule has 1 heterocycles. The minimum absolute atomic E-state index is 0.165. The van der Waals surface area contributed by atoms with Gasteiger partial charge in [0.1, 0.15) is 17.6 Å². The van der Waals surface area contributed by atoms with Gasteiger partial charge in [0.05, 0.1) is 4.47 Å². The molecule has 2 unspecified atom stereocenters. The summed E-state index contributed by atoms with van der Waals surface area (Å²) >= 11 is 3.54. The molecule has 4 rings (SSSR count). The van der Waals surface area contributed by atoms with Crippen LogP contribution in [0.1, 0.15) is 24.4 Å². The summed E-state index contributed by atoms with van der Waals surface area (Å²) in [7, 11) is 0. The maximum absolute atomic E-state index is 9.84. The SMILES string of the molecule is Oc1ccc2cccc(C3CCC(Oc4ccccc4Br)CN3)c2c1. The first kappa shape index (κ1) is 16.4. The molecule has 25 heavy (non-hydrogen) atoms. The number of hydrogen-bond acceptors (Lipinski definition) is 3. The first-order valence-electron chi connectivity index (χ1n) is 8.57. The van der Waals surface area contributed by atoms with Gasteiger partial charge in [-0.15, -0.1) is 0 Å². The lowest BCUT2D eigenvalue weighted by Crippen LogP contribution is -2.39. The van der Waals surface area contributed by atoms with Crippen LogP contribution in [0, 0.1) is 0 Å². The lowest BCUT2D eigenvalue weighted by molar-refractivity contribution is 0.149. The van der Waals surface area contributed by atoms with E-state index in [0.29, 0.717) is 5.75 Å². The Morgan fingerprint density at radius 3 is 2.68 bits per heavy atom. The second kappa shape index (κ2) is 7.06. The fraction of sp³-hybridized carbons (Fsp3) is 0.238. The predicted octanol–water partition coefficient (Wildman–Crippen LogP) is 5.18. The molecule has 1 fully saturated rings. The van der Waals surface area contributed by atoms with E-state index in [0.717, 1.165) is 40.4 Å². The highest BCUT2D eigenvalue weighted by Gasteiger charge is 2.24. The normalized spacial score (nSPS) is 20.5. The number of rotatable bonds is 3. The number of nitrogens with one attached hydrogen (secondary N) is 1. The first-order valence-corrected chi connectivity index (χ1v) is 9.36. The first-order chi connectivity index (χ1) is 12.2. The summed E-state index contributed by atoms with van der Waals surface area (Å²) in [5.74, 6) is 1.20. The van der Waals surface area contributed by atoms with Crippen LogP contribution in [0.5, 0.6) is 11.5 Å². The molecule has 1 aliphatic heterocycles. The Bertz CT molecular complexity index is 888. The quantitative estimate of drug-likeness (QED) is 0.639. The molecular weight excluding hydrogens is 378 g/mol. The van der Waals surface area contributed by atoms with Gasteiger partial charge < -0.3 is 15.2 Å². The summed E-state index contributed by atoms with van der Waals surface area (Å²) in [5.41, 5.74) is 1.24. The van der Waals surface area contributed by atoms with E-state index in [-0.39, 0.29) is 12.1 Å². The monoisotopic (exact) mass is 397 g/mol. The molecule has 0 spiro atoms. The van der Waals surface area contributed by atoms with Gasteiger partial charge in [-0.1, -0.05) is 36.4 Å². The van der Waals surface area contributed by atoms with Gasteiger partial charge in [-0.3, -0.25) is 0 Å². The number of benzene rings is 3. The van der Waals surface area contributed by atoms with Crippen LogP contribution in [0.25, 0.3) is 10.8 Å². The Hall–Kier alpha value is -2.04. The maximum Gasteiger partial charge on any atom is 0.133 e. The Balaban J connectivity index is 1.49. The lowest BCUT2D eigenvalue weighted by atomic mass is 9.92. The van der Waals surface area contributed by atoms with Crippen molar-refractivity contribution in [2.24, 2.45) is 0 Å². The number of hydrogen-bond donors (Lipinski definition) is 2. The van der Waals surface area contributed by atoms with E-state index in [1.165, 1.54) is 5.56 Å². The number of ether oxygens (including phenoxy) is 1. The maximum atomic E-state index is 9.84. The van der Waals surface area contributed by atoms with Gasteiger partial charge in [-0.2, -0.15) is 0 Å². The van der Waals surface area contributed by atoms with Gasteiger partial charge in [-0.25, -0.2) is 0 Å². The van der Waals surface area contributed by atoms with Crippen molar-refractivity contribution < 1.29 is 9.84 Å². The van der Waals surface area contributed by atoms with Gasteiger partial charge in [-0.05, 0) is 69.4 Å². The smallest absolute Gasteiger partial charge is 0.133 e. The molecule has 3 aromatic carbocycles. The van der Waals surface area contributed by atoms with Crippen molar-refractivity contribution in [1.82, 2.24) is 5.32 Å². The fourth-order valence-corrected chi connectivity index (χ4v) is 3.88. The van der Waals surface area contributed by atoms with Crippen LogP contribution in [0.3, 0.4) is 0 Å². The molecule has 2 N–H and O–H groups in total. The lowest BCUT2D eigenvalue weighted by Gasteiger charge is -2.31. The number of phenolic OH excluding ortho intramolecular Hbond substituents is 1. The summed E-state index contributed by atoms with van der Waals surface area (Å²) in [6.07, 6.45) is 2.16. The van der Waals surface area contributed by atoms with E-state index >= 15 is 0 Å². The number of piperidine rings is 1. The summed E-state index contributed by atoms with van der Waals surface area (Å²) in [6.45, 7) is 0.807. The Morgan fingerprint density at radius 2 is 1.88 bits per heavy atom. The van der Waals surface area contributed by atoms with Crippen LogP contribution in [0.2, 0.25) is 0 Å². The van der Waals surface area contributed by atoms with Crippen LogP contribution < -0.4 is 10.1 Å². The zero-order valence-corrected chi connectivity index (χ0v) is 15.4. The average Bonchev–Trinajstić information content (AvgIpc) is 2.64. The number of aromatic hydroxyl groups is 1. The minimum atomic E-state index is 0.165. The molecule has 3 aromatic rings. The molecule has 3 nitrogen and oxygen atoms in total. The highest BCUT2D eigenvalue weighted by atomic mass is 79.9. The predicted molar refractivity (Wildman–Crippen MR) is 104 cm³/mol. The average molecular weight is 398 g/mol. The van der Waals surface area contributed by atoms with Crippen molar-refractivity contribution >= 4 is 26.7 Å². The van der Waals surface area contributed by atoms with E-state index in [1.54, 1.807) is 6.07 Å². The third-order valence-corrected chi connectivity index (χ3v) is 5.43. The molecule has 0 amide bonds. The van der Waals surface area contributed by atoms with Crippen LogP contribution in [-0.4, -0.2) is 17.8 Å². The summed E-state index contributed by atoms with van der Waals surface area (Å²) < 4.78 is 7.12. The van der Waals surface area contributed by atoms with Gasteiger partial charge in [0.15, 0.2) is 0 Å². The Labute approximate surface area is 155 Å². The second-order valence-electron chi connectivity index (χ2n) is 6.46. The second-order valence-corrected chi connectivity index (χ2v) is 7.32. The molecule has 0 saturated carbocycles. The van der Waals surface area contributed by atoms with E-state index in [2.05, 4.69) is 39.4 Å². The van der Waals surface area contributed by atoms with Crippen molar-refractivity contribution in [2.75, 3.05) is 6.54 Å². The molecule has 1 aliphatic rings. The number of fused-ring (bicyclic) bond motifs is 1. The molecular formula is C21H20BrNO2. The highest BCUT2D eigenvalue weighted by molar-refractivity contribution is 9.10. The van der Waals surface area contributed by atoms with Crippen molar-refractivity contribution in [3.05, 3.63) is 70.7 Å². The third kappa shape index (κ3) is 3.51. The van der Waals surface area contributed by atoms with Crippen LogP contribution in [0.15, 0.2) is 65.1 Å². The minimum Gasteiger partial charge on any atom is -0.508 e. The van der Waals surface area contributed by atoms with Crippen molar-refractivity contribution in [2.45, 2.75) is 25.0 Å². The van der Waals surface area contributed by atoms with Gasteiger partial charge in [0.25, 0.3) is 0 Å². The van der Waals surface area contributed by atoms with Crippen molar-refractivity contribution in [3.63, 3.8) is 0 Å². The van der Waals surface area contributed by atoms with E-state index in [1.807, 2.05) is 36.4 Å². The largest absolute Gasteiger partial charge is 0.508 e. The number of phenols is 1. The molecule has 128 valence electrons. The summed E-state index contributed by atoms with van der Waals surface area (Å²) in [4.78, 5) is 0. The van der Waals surface area contributed by atoms with E-state index < -0.39 is 0 Å². The van der Waals surface area contributed by atoms with E-state index in [4.69, 9.17) is 4.74 Å². The van der Waals surface area contributed by atoms with Crippen LogP contribution >= 0.6 is 15.9 Å². The van der Waals surface area contributed by atoms with E-state index in [9.17, 15) is 5.11 Å². The molecule has 4 heteroatoms. The fourth-order valence-electron chi connectivity index (χ4n) is 3.50. The highest BCUT2D eigenvalue weighted by Crippen LogP contribution is 2.33. The molecule has 2 atom stereocenters. The standard InChI is InChI=1S/C21H20BrNO2/c22-19-6-1-2-7-21(19)25-16-10-11-20(23-13-16)17-5-3-4-14-8-9-15(24)12-18(14)17/h1-9,12,16,20,23-24H,10-11,13H2. The van der Waals surface area contributed by atoms with Crippen molar-refractivity contribution in [3.8, 4) is 11.5 Å². The van der Waals surface area contributed by atoms with Crippen LogP contribution in [-0.2, 0) is 0 Å². The summed E-state index contributed by atoms with van der Waals surface area (Å²) in [6, 6.07) is 20.1. The molecule has 0 radical (unpaired) electrons. The third-order valence-electron chi connectivity index (χ3n) is 4.77. The molecule has 0 aliphatic carbocycles. The summed E-state index contributed by atoms with van der Waals surface area (Å²) in [5, 5.41) is 15.7. The van der Waals surface area contributed by atoms with Crippen molar-refractivity contribution in [1.29, 1.82) is 0 Å². The van der Waals surface area contributed by atoms with Gasteiger partial charge in [0, 0.05) is 12.6 Å². The zero-order valence-electron chi connectivity index (χ0n) is 13.8. The number of para-hydroxylation sites is 1.